The van der Waals surface area contributed by atoms with Crippen LogP contribution in [0.5, 0.6) is 0 Å². The number of hydrogen-bond donors (Lipinski definition) is 2. The minimum Gasteiger partial charge on any atom is -0.480 e. The number of rotatable bonds is 5. The highest BCUT2D eigenvalue weighted by molar-refractivity contribution is 7.99. The Bertz CT molecular complexity index is 500. The molecule has 0 bridgehead atoms. The van der Waals surface area contributed by atoms with Crippen molar-refractivity contribution in [2.45, 2.75) is 18.0 Å². The molecule has 1 aromatic heterocycles. The Hall–Kier alpha value is -2.14. The molecule has 0 aliphatic heterocycles. The van der Waals surface area contributed by atoms with Gasteiger partial charge in [-0.15, -0.1) is 16.9 Å². The highest BCUT2D eigenvalue weighted by Gasteiger charge is 2.19. The van der Waals surface area contributed by atoms with Crippen LogP contribution >= 0.6 is 11.8 Å². The first-order chi connectivity index (χ1) is 8.54. The Balaban J connectivity index is 2.70. The molecular formula is C10H10N4O3S. The number of nitrogens with one attached hydrogen (secondary N) is 1. The third kappa shape index (κ3) is 4.03. The second-order valence-corrected chi connectivity index (χ2v) is 4.27. The number of carboxylic acid groups (broad SMARTS) is 1. The number of carbonyl (C=O) groups excluding carboxylic acids is 1. The highest BCUT2D eigenvalue weighted by atomic mass is 32.2. The van der Waals surface area contributed by atoms with E-state index in [4.69, 9.17) is 10.4 Å². The molecule has 0 saturated heterocycles. The first-order valence-corrected chi connectivity index (χ1v) is 5.87. The molecule has 0 spiro atoms. The van der Waals surface area contributed by atoms with Crippen molar-refractivity contribution in [3.8, 4) is 6.07 Å². The molecule has 1 heterocycles. The van der Waals surface area contributed by atoms with Crippen LogP contribution in [-0.2, 0) is 9.59 Å². The van der Waals surface area contributed by atoms with Crippen LogP contribution in [0.15, 0.2) is 17.3 Å². The second-order valence-electron chi connectivity index (χ2n) is 3.26. The van der Waals surface area contributed by atoms with Gasteiger partial charge in [0.25, 0.3) is 0 Å². The van der Waals surface area contributed by atoms with E-state index in [1.54, 1.807) is 0 Å². The fourth-order valence-electron chi connectivity index (χ4n) is 1.09. The number of hydrogen-bond acceptors (Lipinski definition) is 6. The van der Waals surface area contributed by atoms with E-state index in [9.17, 15) is 9.59 Å². The summed E-state index contributed by atoms with van der Waals surface area (Å²) in [4.78, 5) is 21.7. The van der Waals surface area contributed by atoms with E-state index in [2.05, 4.69) is 15.5 Å². The monoisotopic (exact) mass is 266 g/mol. The summed E-state index contributed by atoms with van der Waals surface area (Å²) in [5.74, 6) is -1.50. The van der Waals surface area contributed by atoms with E-state index in [0.29, 0.717) is 10.6 Å². The van der Waals surface area contributed by atoms with Gasteiger partial charge in [0, 0.05) is 12.7 Å². The fraction of sp³-hybridized carbons (Fsp3) is 0.300. The lowest BCUT2D eigenvalue weighted by Gasteiger charge is -2.12. The largest absolute Gasteiger partial charge is 0.480 e. The molecule has 1 atom stereocenters. The zero-order valence-electron chi connectivity index (χ0n) is 9.45. The van der Waals surface area contributed by atoms with Crippen molar-refractivity contribution in [2.75, 3.05) is 5.75 Å². The van der Waals surface area contributed by atoms with Crippen LogP contribution in [0.1, 0.15) is 12.5 Å². The molecule has 18 heavy (non-hydrogen) atoms. The van der Waals surface area contributed by atoms with Crippen LogP contribution in [0.4, 0.5) is 0 Å². The molecule has 0 fully saturated rings. The van der Waals surface area contributed by atoms with E-state index in [1.807, 2.05) is 6.07 Å². The van der Waals surface area contributed by atoms with Gasteiger partial charge in [0.15, 0.2) is 0 Å². The molecule has 1 rings (SSSR count). The maximum Gasteiger partial charge on any atom is 0.327 e. The number of aliphatic carboxylic acids is 1. The Labute approximate surface area is 107 Å². The van der Waals surface area contributed by atoms with E-state index < -0.39 is 17.9 Å². The zero-order valence-corrected chi connectivity index (χ0v) is 10.3. The van der Waals surface area contributed by atoms with Crippen LogP contribution in [-0.4, -0.2) is 39.0 Å². The number of carbonyl (C=O) groups is 2. The summed E-state index contributed by atoms with van der Waals surface area (Å²) < 4.78 is 0. The normalized spacial score (nSPS) is 11.3. The standard InChI is InChI=1S/C10H10N4O3S/c1-6(15)13-8(10(16)17)5-18-9-7(4-11)2-3-12-14-9/h2-3,8H,5H2,1H3,(H,13,15)(H,16,17)/t8-/m0/s1. The lowest BCUT2D eigenvalue weighted by Crippen LogP contribution is -2.41. The Morgan fingerprint density at radius 2 is 2.39 bits per heavy atom. The molecule has 7 nitrogen and oxygen atoms in total. The zero-order chi connectivity index (χ0) is 13.5. The number of carboxylic acids is 1. The fourth-order valence-corrected chi connectivity index (χ4v) is 2.02. The van der Waals surface area contributed by atoms with Gasteiger partial charge in [-0.25, -0.2) is 4.79 Å². The van der Waals surface area contributed by atoms with E-state index in [0.717, 1.165) is 11.8 Å². The van der Waals surface area contributed by atoms with Gasteiger partial charge in [0.1, 0.15) is 17.1 Å². The molecule has 0 aromatic carbocycles. The molecule has 94 valence electrons. The van der Waals surface area contributed by atoms with Crippen molar-refractivity contribution in [2.24, 2.45) is 0 Å². The minimum absolute atomic E-state index is 0.0717. The van der Waals surface area contributed by atoms with Crippen molar-refractivity contribution in [1.29, 1.82) is 5.26 Å². The Morgan fingerprint density at radius 1 is 1.67 bits per heavy atom. The van der Waals surface area contributed by atoms with Crippen LogP contribution < -0.4 is 5.32 Å². The summed E-state index contributed by atoms with van der Waals surface area (Å²) in [7, 11) is 0. The van der Waals surface area contributed by atoms with Crippen molar-refractivity contribution in [3.63, 3.8) is 0 Å². The summed E-state index contributed by atoms with van der Waals surface area (Å²) in [6.45, 7) is 1.24. The summed E-state index contributed by atoms with van der Waals surface area (Å²) in [5.41, 5.74) is 0.321. The SMILES string of the molecule is CC(=O)N[C@@H](CSc1nnccc1C#N)C(=O)O. The molecule has 2 N–H and O–H groups in total. The quantitative estimate of drug-likeness (QED) is 0.722. The van der Waals surface area contributed by atoms with Crippen LogP contribution in [0.3, 0.4) is 0 Å². The maximum atomic E-state index is 10.9. The molecule has 0 aliphatic carbocycles. The van der Waals surface area contributed by atoms with Crippen LogP contribution in [0.2, 0.25) is 0 Å². The number of thioether (sulfide) groups is 1. The number of nitriles is 1. The van der Waals surface area contributed by atoms with Gasteiger partial charge in [-0.2, -0.15) is 10.4 Å². The van der Waals surface area contributed by atoms with Crippen molar-refractivity contribution in [1.82, 2.24) is 15.5 Å². The Kier molecular flexibility index (Phi) is 5.07. The summed E-state index contributed by atoms with van der Waals surface area (Å²) >= 11 is 1.06. The molecular weight excluding hydrogens is 256 g/mol. The molecule has 0 saturated carbocycles. The molecule has 1 aromatic rings. The van der Waals surface area contributed by atoms with Gasteiger partial charge < -0.3 is 10.4 Å². The van der Waals surface area contributed by atoms with Gasteiger partial charge in [-0.05, 0) is 6.07 Å². The van der Waals surface area contributed by atoms with Gasteiger partial charge in [0.05, 0.1) is 11.8 Å². The van der Waals surface area contributed by atoms with Crippen LogP contribution in [0.25, 0.3) is 0 Å². The highest BCUT2D eigenvalue weighted by Crippen LogP contribution is 2.19. The summed E-state index contributed by atoms with van der Waals surface area (Å²) in [6, 6.07) is 2.39. The van der Waals surface area contributed by atoms with Crippen molar-refractivity contribution >= 4 is 23.6 Å². The van der Waals surface area contributed by atoms with Gasteiger partial charge in [-0.3, -0.25) is 4.79 Å². The van der Waals surface area contributed by atoms with Gasteiger partial charge in [0.2, 0.25) is 5.91 Å². The average molecular weight is 266 g/mol. The second kappa shape index (κ2) is 6.56. The molecule has 8 heteroatoms. The summed E-state index contributed by atoms with van der Waals surface area (Å²) in [6.07, 6.45) is 1.38. The molecule has 0 unspecified atom stereocenters. The van der Waals surface area contributed by atoms with Crippen molar-refractivity contribution in [3.05, 3.63) is 17.8 Å². The smallest absolute Gasteiger partial charge is 0.327 e. The number of amides is 1. The number of nitrogens with zero attached hydrogens (tertiary/aromatic N) is 3. The predicted octanol–water partition coefficient (Wildman–Crippen LogP) is 0.0297. The van der Waals surface area contributed by atoms with Gasteiger partial charge in [-0.1, -0.05) is 0 Å². The maximum absolute atomic E-state index is 10.9. The van der Waals surface area contributed by atoms with Crippen LogP contribution in [0, 0.1) is 11.3 Å². The average Bonchev–Trinajstić information content (AvgIpc) is 2.34. The lowest BCUT2D eigenvalue weighted by atomic mass is 10.3. The minimum atomic E-state index is -1.14. The molecule has 1 amide bonds. The lowest BCUT2D eigenvalue weighted by molar-refractivity contribution is -0.140. The Morgan fingerprint density at radius 3 is 2.94 bits per heavy atom. The van der Waals surface area contributed by atoms with E-state index in [1.165, 1.54) is 19.2 Å². The van der Waals surface area contributed by atoms with E-state index in [-0.39, 0.29) is 5.75 Å². The van der Waals surface area contributed by atoms with E-state index >= 15 is 0 Å². The summed E-state index contributed by atoms with van der Waals surface area (Å²) in [5, 5.41) is 27.7. The van der Waals surface area contributed by atoms with Crippen molar-refractivity contribution < 1.29 is 14.7 Å². The third-order valence-corrected chi connectivity index (χ3v) is 2.94. The predicted molar refractivity (Wildman–Crippen MR) is 62.7 cm³/mol. The first kappa shape index (κ1) is 13.9. The first-order valence-electron chi connectivity index (χ1n) is 4.89. The van der Waals surface area contributed by atoms with Gasteiger partial charge >= 0.3 is 5.97 Å². The topological polar surface area (TPSA) is 116 Å². The number of aromatic nitrogens is 2. The molecule has 0 aliphatic rings. The third-order valence-electron chi connectivity index (χ3n) is 1.87. The molecule has 0 radical (unpaired) electrons.